The van der Waals surface area contributed by atoms with Gasteiger partial charge in [0.1, 0.15) is 5.54 Å². The highest BCUT2D eigenvalue weighted by molar-refractivity contribution is 6.30. The molecule has 1 fully saturated rings. The van der Waals surface area contributed by atoms with Crippen molar-refractivity contribution in [3.8, 4) is 11.5 Å². The maximum absolute atomic E-state index is 12.9. The number of phenolic OH excluding ortho intramolecular Hbond substituents is 1. The van der Waals surface area contributed by atoms with Crippen molar-refractivity contribution < 1.29 is 24.2 Å². The number of esters is 1. The number of amides is 1. The lowest BCUT2D eigenvalue weighted by molar-refractivity contribution is -0.150. The number of methoxy groups -OCH3 is 1. The van der Waals surface area contributed by atoms with Crippen LogP contribution in [0.1, 0.15) is 48.5 Å². The molecule has 0 spiro atoms. The van der Waals surface area contributed by atoms with Crippen molar-refractivity contribution in [2.75, 3.05) is 13.7 Å². The topological polar surface area (TPSA) is 84.9 Å². The van der Waals surface area contributed by atoms with Gasteiger partial charge in [0.2, 0.25) is 0 Å². The van der Waals surface area contributed by atoms with Gasteiger partial charge < -0.3 is 19.9 Å². The number of hydrogen-bond donors (Lipinski definition) is 2. The molecule has 0 aliphatic heterocycles. The van der Waals surface area contributed by atoms with Crippen LogP contribution in [0.2, 0.25) is 5.02 Å². The summed E-state index contributed by atoms with van der Waals surface area (Å²) in [6.45, 7) is 2.44. The van der Waals surface area contributed by atoms with Gasteiger partial charge >= 0.3 is 5.97 Å². The molecule has 7 heteroatoms. The summed E-state index contributed by atoms with van der Waals surface area (Å²) in [7, 11) is 1.33. The first-order valence-electron chi connectivity index (χ1n) is 10.4. The van der Waals surface area contributed by atoms with Crippen molar-refractivity contribution >= 4 is 23.5 Å². The van der Waals surface area contributed by atoms with Gasteiger partial charge in [-0.15, -0.1) is 0 Å². The first-order chi connectivity index (χ1) is 14.8. The summed E-state index contributed by atoms with van der Waals surface area (Å²) in [4.78, 5) is 25.4. The number of carbonyl (C=O) groups is 2. The molecule has 0 unspecified atom stereocenters. The Morgan fingerprint density at radius 2 is 1.94 bits per heavy atom. The molecule has 3 rings (SSSR count). The van der Waals surface area contributed by atoms with E-state index in [-0.39, 0.29) is 11.5 Å². The number of nitrogens with one attached hydrogen (secondary N) is 1. The van der Waals surface area contributed by atoms with Crippen LogP contribution in [0.5, 0.6) is 11.5 Å². The molecule has 2 aromatic rings. The van der Waals surface area contributed by atoms with E-state index in [4.69, 9.17) is 21.1 Å². The molecule has 2 aromatic carbocycles. The molecule has 0 aromatic heterocycles. The molecule has 1 aliphatic carbocycles. The van der Waals surface area contributed by atoms with Crippen LogP contribution in [0.15, 0.2) is 42.5 Å². The van der Waals surface area contributed by atoms with Crippen LogP contribution in [0.3, 0.4) is 0 Å². The van der Waals surface area contributed by atoms with Crippen molar-refractivity contribution in [1.29, 1.82) is 0 Å². The van der Waals surface area contributed by atoms with Crippen molar-refractivity contribution in [2.24, 2.45) is 5.92 Å². The highest BCUT2D eigenvalue weighted by Gasteiger charge is 2.43. The lowest BCUT2D eigenvalue weighted by Crippen LogP contribution is -2.56. The Balaban J connectivity index is 1.69. The van der Waals surface area contributed by atoms with Crippen LogP contribution in [-0.2, 0) is 16.0 Å². The molecule has 1 aliphatic rings. The van der Waals surface area contributed by atoms with Gasteiger partial charge in [0.05, 0.1) is 13.7 Å². The van der Waals surface area contributed by atoms with Gasteiger partial charge in [-0.05, 0) is 67.5 Å². The standard InChI is InChI=1S/C24H28ClNO5/c1-16-8-11-24(12-9-16,23(29)30-2)26-22(28)18-6-7-20(27)21(15-18)31-13-10-17-4-3-5-19(25)14-17/h3-7,14-16,27H,8-13H2,1-2H3,(H,26,28)/t16-,24-. The number of rotatable bonds is 7. The smallest absolute Gasteiger partial charge is 0.331 e. The molecule has 1 amide bonds. The minimum atomic E-state index is -1.02. The number of benzene rings is 2. The molecule has 0 saturated heterocycles. The van der Waals surface area contributed by atoms with Crippen molar-refractivity contribution in [3.05, 3.63) is 58.6 Å². The van der Waals surface area contributed by atoms with Crippen LogP contribution in [-0.4, -0.2) is 36.2 Å². The molecule has 0 atom stereocenters. The summed E-state index contributed by atoms with van der Waals surface area (Å²) >= 11 is 6.00. The molecule has 166 valence electrons. The van der Waals surface area contributed by atoms with Gasteiger partial charge in [0.15, 0.2) is 11.5 Å². The third-order valence-corrected chi connectivity index (χ3v) is 6.05. The monoisotopic (exact) mass is 445 g/mol. The van der Waals surface area contributed by atoms with Crippen LogP contribution in [0.4, 0.5) is 0 Å². The van der Waals surface area contributed by atoms with E-state index in [0.29, 0.717) is 42.4 Å². The van der Waals surface area contributed by atoms with Crippen molar-refractivity contribution in [1.82, 2.24) is 5.32 Å². The van der Waals surface area contributed by atoms with Gasteiger partial charge in [-0.3, -0.25) is 4.79 Å². The highest BCUT2D eigenvalue weighted by Crippen LogP contribution is 2.34. The third-order valence-electron chi connectivity index (χ3n) is 5.82. The van der Waals surface area contributed by atoms with E-state index in [0.717, 1.165) is 18.4 Å². The largest absolute Gasteiger partial charge is 0.504 e. The van der Waals surface area contributed by atoms with Gasteiger partial charge in [0.25, 0.3) is 5.91 Å². The molecule has 31 heavy (non-hydrogen) atoms. The van der Waals surface area contributed by atoms with E-state index in [1.165, 1.54) is 25.3 Å². The Kier molecular flexibility index (Phi) is 7.44. The van der Waals surface area contributed by atoms with Gasteiger partial charge in [-0.25, -0.2) is 4.79 Å². The number of ether oxygens (including phenoxy) is 2. The quantitative estimate of drug-likeness (QED) is 0.612. The van der Waals surface area contributed by atoms with Crippen LogP contribution in [0.25, 0.3) is 0 Å². The number of hydrogen-bond acceptors (Lipinski definition) is 5. The Bertz CT molecular complexity index is 937. The first-order valence-corrected chi connectivity index (χ1v) is 10.8. The molecule has 2 N–H and O–H groups in total. The predicted molar refractivity (Wildman–Crippen MR) is 119 cm³/mol. The first kappa shape index (κ1) is 22.9. The molecule has 6 nitrogen and oxygen atoms in total. The summed E-state index contributed by atoms with van der Waals surface area (Å²) in [6, 6.07) is 11.9. The second kappa shape index (κ2) is 10.1. The molecule has 0 bridgehead atoms. The maximum atomic E-state index is 12.9. The Hall–Kier alpha value is -2.73. The molecular weight excluding hydrogens is 418 g/mol. The van der Waals surface area contributed by atoms with E-state index in [1.54, 1.807) is 6.07 Å². The SMILES string of the molecule is COC(=O)[C@]1(NC(=O)c2ccc(O)c(OCCc3cccc(Cl)c3)c2)CC[C@H](C)CC1. The van der Waals surface area contributed by atoms with E-state index in [9.17, 15) is 14.7 Å². The average molecular weight is 446 g/mol. The summed E-state index contributed by atoms with van der Waals surface area (Å²) in [5, 5.41) is 13.7. The summed E-state index contributed by atoms with van der Waals surface area (Å²) in [5.74, 6) is -0.178. The minimum absolute atomic E-state index is 0.0585. The van der Waals surface area contributed by atoms with E-state index >= 15 is 0 Å². The fraction of sp³-hybridized carbons (Fsp3) is 0.417. The van der Waals surface area contributed by atoms with E-state index in [2.05, 4.69) is 12.2 Å². The van der Waals surface area contributed by atoms with Crippen molar-refractivity contribution in [2.45, 2.75) is 44.6 Å². The molecule has 0 heterocycles. The van der Waals surface area contributed by atoms with Crippen molar-refractivity contribution in [3.63, 3.8) is 0 Å². The second-order valence-electron chi connectivity index (χ2n) is 8.12. The fourth-order valence-corrected chi connectivity index (χ4v) is 4.08. The average Bonchev–Trinajstić information content (AvgIpc) is 2.76. The number of phenols is 1. The number of aromatic hydroxyl groups is 1. The second-order valence-corrected chi connectivity index (χ2v) is 8.56. The summed E-state index contributed by atoms with van der Waals surface area (Å²) < 4.78 is 10.7. The fourth-order valence-electron chi connectivity index (χ4n) is 3.86. The summed E-state index contributed by atoms with van der Waals surface area (Å²) in [5.41, 5.74) is 0.286. The minimum Gasteiger partial charge on any atom is -0.504 e. The Morgan fingerprint density at radius 1 is 1.19 bits per heavy atom. The number of halogens is 1. The van der Waals surface area contributed by atoms with E-state index in [1.807, 2.05) is 18.2 Å². The Labute approximate surface area is 187 Å². The summed E-state index contributed by atoms with van der Waals surface area (Å²) in [6.07, 6.45) is 3.34. The zero-order valence-electron chi connectivity index (χ0n) is 17.8. The predicted octanol–water partition coefficient (Wildman–Crippen LogP) is 4.52. The van der Waals surface area contributed by atoms with Crippen LogP contribution in [0, 0.1) is 5.92 Å². The maximum Gasteiger partial charge on any atom is 0.331 e. The third kappa shape index (κ3) is 5.70. The van der Waals surface area contributed by atoms with Gasteiger partial charge in [-0.1, -0.05) is 30.7 Å². The van der Waals surface area contributed by atoms with Gasteiger partial charge in [-0.2, -0.15) is 0 Å². The Morgan fingerprint density at radius 3 is 2.61 bits per heavy atom. The molecule has 1 saturated carbocycles. The molecular formula is C24H28ClNO5. The highest BCUT2D eigenvalue weighted by atomic mass is 35.5. The molecule has 0 radical (unpaired) electrons. The van der Waals surface area contributed by atoms with Gasteiger partial charge in [0, 0.05) is 17.0 Å². The zero-order chi connectivity index (χ0) is 22.4. The zero-order valence-corrected chi connectivity index (χ0v) is 18.6. The lowest BCUT2D eigenvalue weighted by Gasteiger charge is -2.37. The lowest BCUT2D eigenvalue weighted by atomic mass is 9.77. The van der Waals surface area contributed by atoms with Crippen LogP contribution < -0.4 is 10.1 Å². The normalized spacial score (nSPS) is 20.7. The van der Waals surface area contributed by atoms with E-state index < -0.39 is 17.4 Å². The van der Waals surface area contributed by atoms with Crippen LogP contribution >= 0.6 is 11.6 Å². The number of carbonyl (C=O) groups excluding carboxylic acids is 2.